The van der Waals surface area contributed by atoms with Gasteiger partial charge in [0.1, 0.15) is 5.52 Å². The molecule has 1 aliphatic rings. The molecule has 4 rings (SSSR count). The summed E-state index contributed by atoms with van der Waals surface area (Å²) in [7, 11) is -2.32. The minimum Gasteiger partial charge on any atom is -0.437 e. The largest absolute Gasteiger partial charge is 0.437 e. The van der Waals surface area contributed by atoms with E-state index in [0.29, 0.717) is 24.7 Å². The number of oxazole rings is 1. The minimum atomic E-state index is -2.32. The van der Waals surface area contributed by atoms with Gasteiger partial charge in [-0.2, -0.15) is 0 Å². The first-order valence-electron chi connectivity index (χ1n) is 14.6. The van der Waals surface area contributed by atoms with Gasteiger partial charge in [0.05, 0.1) is 6.54 Å². The lowest BCUT2D eigenvalue weighted by molar-refractivity contribution is -0.123. The van der Waals surface area contributed by atoms with E-state index in [1.165, 1.54) is 24.8 Å². The van der Waals surface area contributed by atoms with Crippen LogP contribution in [0.5, 0.6) is 0 Å². The molecule has 0 aliphatic heterocycles. The van der Waals surface area contributed by atoms with Crippen LogP contribution in [-0.2, 0) is 21.2 Å². The van der Waals surface area contributed by atoms with Crippen molar-refractivity contribution in [2.24, 2.45) is 11.7 Å². The van der Waals surface area contributed by atoms with Crippen LogP contribution >= 0.6 is 0 Å². The Kier molecular flexibility index (Phi) is 9.35. The molecule has 1 aromatic heterocycles. The van der Waals surface area contributed by atoms with Crippen molar-refractivity contribution in [3.05, 3.63) is 66.1 Å². The van der Waals surface area contributed by atoms with Crippen LogP contribution in [0.2, 0.25) is 18.1 Å². The molecule has 2 aromatic carbocycles. The molecule has 39 heavy (non-hydrogen) atoms. The fourth-order valence-corrected chi connectivity index (χ4v) is 6.90. The number of hydrogen-bond acceptors (Lipinski definition) is 5. The maximum absolute atomic E-state index is 13.3. The number of para-hydroxylation sites is 2. The quantitative estimate of drug-likeness (QED) is 0.249. The third-order valence-corrected chi connectivity index (χ3v) is 13.4. The Labute approximate surface area is 235 Å². The predicted octanol–water partition coefficient (Wildman–Crippen LogP) is 7.09. The average Bonchev–Trinajstić information content (AvgIpc) is 3.36. The fraction of sp³-hybridized carbons (Fsp3) is 0.562. The van der Waals surface area contributed by atoms with Gasteiger partial charge in [0.15, 0.2) is 19.5 Å². The van der Waals surface area contributed by atoms with Crippen molar-refractivity contribution in [3.8, 4) is 0 Å². The lowest BCUT2D eigenvalue weighted by Crippen LogP contribution is -2.53. The SMILES string of the molecule is CC(C)(C)[Si](C)(C)OC(CCc1ccccc1)(CNC(=O)CC(N)C1CCCCC1)c1nc2ccccc2o1. The van der Waals surface area contributed by atoms with E-state index < -0.39 is 13.9 Å². The Balaban J connectivity index is 1.65. The minimum absolute atomic E-state index is 0.0351. The summed E-state index contributed by atoms with van der Waals surface area (Å²) in [6.07, 6.45) is 7.65. The van der Waals surface area contributed by atoms with E-state index in [1.54, 1.807) is 0 Å². The summed E-state index contributed by atoms with van der Waals surface area (Å²) in [6, 6.07) is 18.1. The van der Waals surface area contributed by atoms with Gasteiger partial charge in [-0.3, -0.25) is 4.79 Å². The molecule has 212 valence electrons. The normalized spacial score (nSPS) is 17.6. The number of hydrogen-bond donors (Lipinski definition) is 2. The second-order valence-electron chi connectivity index (χ2n) is 12.9. The van der Waals surface area contributed by atoms with Gasteiger partial charge in [-0.1, -0.05) is 82.5 Å². The lowest BCUT2D eigenvalue weighted by Gasteiger charge is -2.44. The molecule has 1 aliphatic carbocycles. The van der Waals surface area contributed by atoms with E-state index >= 15 is 0 Å². The summed E-state index contributed by atoms with van der Waals surface area (Å²) < 4.78 is 13.6. The zero-order valence-corrected chi connectivity index (χ0v) is 25.5. The molecule has 1 fully saturated rings. The number of aryl methyl sites for hydroxylation is 1. The third kappa shape index (κ3) is 7.38. The number of benzene rings is 2. The number of carbonyl (C=O) groups is 1. The van der Waals surface area contributed by atoms with Crippen LogP contribution in [0.4, 0.5) is 0 Å². The number of rotatable bonds is 11. The summed E-state index contributed by atoms with van der Waals surface area (Å²) in [5.41, 5.74) is 8.34. The molecule has 0 spiro atoms. The molecule has 2 atom stereocenters. The standard InChI is InChI=1S/C32H47N3O3Si/c1-31(2,3)39(4,5)38-32(21-20-24-14-8-6-9-15-24,30-35-27-18-12-13-19-28(27)37-30)23-34-29(36)22-26(33)25-16-10-7-11-17-25/h6,8-9,12-15,18-19,25-26H,7,10-11,16-17,20-23,33H2,1-5H3,(H,34,36). The predicted molar refractivity (Wildman–Crippen MR) is 161 cm³/mol. The molecular weight excluding hydrogens is 502 g/mol. The number of fused-ring (bicyclic) bond motifs is 1. The van der Waals surface area contributed by atoms with Crippen molar-refractivity contribution < 1.29 is 13.6 Å². The molecular formula is C32H47N3O3Si. The molecule has 3 aromatic rings. The van der Waals surface area contributed by atoms with Crippen LogP contribution in [0, 0.1) is 5.92 Å². The maximum atomic E-state index is 13.3. The Bertz CT molecular complexity index is 1180. The topological polar surface area (TPSA) is 90.4 Å². The fourth-order valence-electron chi connectivity index (χ4n) is 5.36. The van der Waals surface area contributed by atoms with E-state index in [2.05, 4.69) is 63.4 Å². The molecule has 1 saturated carbocycles. The first-order chi connectivity index (χ1) is 18.5. The van der Waals surface area contributed by atoms with Gasteiger partial charge < -0.3 is 19.9 Å². The van der Waals surface area contributed by atoms with Gasteiger partial charge in [-0.15, -0.1) is 0 Å². The summed E-state index contributed by atoms with van der Waals surface area (Å²) in [5, 5.41) is 3.19. The van der Waals surface area contributed by atoms with Crippen LogP contribution in [0.3, 0.4) is 0 Å². The highest BCUT2D eigenvalue weighted by Crippen LogP contribution is 2.44. The van der Waals surface area contributed by atoms with E-state index in [4.69, 9.17) is 19.6 Å². The van der Waals surface area contributed by atoms with Gasteiger partial charge in [-0.25, -0.2) is 4.98 Å². The highest BCUT2D eigenvalue weighted by Gasteiger charge is 2.48. The lowest BCUT2D eigenvalue weighted by atomic mass is 9.83. The van der Waals surface area contributed by atoms with E-state index in [1.807, 2.05) is 30.3 Å². The van der Waals surface area contributed by atoms with Crippen molar-refractivity contribution >= 4 is 25.3 Å². The molecule has 3 N–H and O–H groups in total. The molecule has 1 heterocycles. The molecule has 6 nitrogen and oxygen atoms in total. The second-order valence-corrected chi connectivity index (χ2v) is 17.6. The number of nitrogens with zero attached hydrogens (tertiary/aromatic N) is 1. The monoisotopic (exact) mass is 549 g/mol. The molecule has 0 radical (unpaired) electrons. The highest BCUT2D eigenvalue weighted by molar-refractivity contribution is 6.74. The smallest absolute Gasteiger partial charge is 0.228 e. The molecule has 0 bridgehead atoms. The van der Waals surface area contributed by atoms with E-state index in [0.717, 1.165) is 30.4 Å². The molecule has 2 unspecified atom stereocenters. The van der Waals surface area contributed by atoms with E-state index in [9.17, 15) is 4.79 Å². The number of aromatic nitrogens is 1. The van der Waals surface area contributed by atoms with Crippen LogP contribution in [0.15, 0.2) is 59.0 Å². The number of amides is 1. The number of nitrogens with two attached hydrogens (primary N) is 1. The molecule has 0 saturated heterocycles. The summed E-state index contributed by atoms with van der Waals surface area (Å²) >= 11 is 0. The van der Waals surface area contributed by atoms with Crippen molar-refractivity contribution in [3.63, 3.8) is 0 Å². The second kappa shape index (κ2) is 12.4. The zero-order chi connectivity index (χ0) is 28.1. The van der Waals surface area contributed by atoms with Crippen LogP contribution in [-0.4, -0.2) is 31.8 Å². The Morgan fingerprint density at radius 2 is 1.74 bits per heavy atom. The zero-order valence-electron chi connectivity index (χ0n) is 24.5. The summed E-state index contributed by atoms with van der Waals surface area (Å²) in [5.74, 6) is 0.918. The summed E-state index contributed by atoms with van der Waals surface area (Å²) in [4.78, 5) is 18.2. The van der Waals surface area contributed by atoms with Crippen molar-refractivity contribution in [2.75, 3.05) is 6.54 Å². The molecule has 7 heteroatoms. The first-order valence-corrected chi connectivity index (χ1v) is 17.5. The third-order valence-electron chi connectivity index (χ3n) is 8.85. The van der Waals surface area contributed by atoms with Crippen molar-refractivity contribution in [1.82, 2.24) is 10.3 Å². The Morgan fingerprint density at radius 3 is 2.41 bits per heavy atom. The first kappa shape index (κ1) is 29.5. The van der Waals surface area contributed by atoms with Gasteiger partial charge in [0.25, 0.3) is 0 Å². The van der Waals surface area contributed by atoms with Gasteiger partial charge >= 0.3 is 0 Å². The van der Waals surface area contributed by atoms with Crippen molar-refractivity contribution in [1.29, 1.82) is 0 Å². The number of carbonyl (C=O) groups excluding carboxylic acids is 1. The van der Waals surface area contributed by atoms with Gasteiger partial charge in [0.2, 0.25) is 11.8 Å². The van der Waals surface area contributed by atoms with Crippen LogP contribution in [0.25, 0.3) is 11.1 Å². The maximum Gasteiger partial charge on any atom is 0.228 e. The highest BCUT2D eigenvalue weighted by atomic mass is 28.4. The Hall–Kier alpha value is -2.48. The Morgan fingerprint density at radius 1 is 1.08 bits per heavy atom. The number of nitrogens with one attached hydrogen (secondary N) is 1. The van der Waals surface area contributed by atoms with Gasteiger partial charge in [-0.05, 0) is 67.4 Å². The summed E-state index contributed by atoms with van der Waals surface area (Å²) in [6.45, 7) is 11.5. The van der Waals surface area contributed by atoms with Crippen LogP contribution in [0.1, 0.15) is 77.2 Å². The van der Waals surface area contributed by atoms with E-state index in [-0.39, 0.29) is 23.5 Å². The van der Waals surface area contributed by atoms with Gasteiger partial charge in [0, 0.05) is 12.5 Å². The molecule has 1 amide bonds. The van der Waals surface area contributed by atoms with Crippen LogP contribution < -0.4 is 11.1 Å². The average molecular weight is 550 g/mol. The van der Waals surface area contributed by atoms with Crippen molar-refractivity contribution in [2.45, 2.75) is 102 Å².